The molecule has 0 bridgehead atoms. The van der Waals surface area contributed by atoms with Gasteiger partial charge in [0.25, 0.3) is 0 Å². The van der Waals surface area contributed by atoms with Crippen LogP contribution in [-0.4, -0.2) is 103 Å². The molecule has 0 aliphatic heterocycles. The van der Waals surface area contributed by atoms with Gasteiger partial charge in [0.1, 0.15) is 24.9 Å². The molecule has 0 amide bonds. The van der Waals surface area contributed by atoms with E-state index in [9.17, 15) is 9.36 Å². The normalized spacial score (nSPS) is 15.9. The first-order valence-electron chi connectivity index (χ1n) is 4.07. The Morgan fingerprint density at radius 2 is 1.67 bits per heavy atom. The summed E-state index contributed by atoms with van der Waals surface area (Å²) in [5.74, 6) is -1.14. The van der Waals surface area contributed by atoms with Crippen molar-refractivity contribution in [3.63, 3.8) is 0 Å². The van der Waals surface area contributed by atoms with Crippen LogP contribution in [0.2, 0.25) is 0 Å². The Kier molecular flexibility index (Phi) is 13.6. The molecule has 0 spiro atoms. The number of ketones is 1. The number of hydrogen-bond donors (Lipinski definition) is 6. The predicted octanol–water partition coefficient (Wildman–Crippen LogP) is -4.47. The molecule has 0 aromatic heterocycles. The molecule has 10 nitrogen and oxygen atoms in total. The third kappa shape index (κ3) is 9.50. The molecule has 0 aliphatic rings. The van der Waals surface area contributed by atoms with E-state index in [0.717, 1.165) is 0 Å². The number of hydrogen-bond acceptors (Lipinski definition) is 7. The molecule has 0 saturated carbocycles. The van der Waals surface area contributed by atoms with Crippen molar-refractivity contribution in [3.05, 3.63) is 0 Å². The van der Waals surface area contributed by atoms with Gasteiger partial charge in [0.15, 0.2) is 5.78 Å². The second-order valence-electron chi connectivity index (χ2n) is 2.91. The van der Waals surface area contributed by atoms with E-state index >= 15 is 0 Å². The minimum Gasteiger partial charge on any atom is -0.412 e. The van der Waals surface area contributed by atoms with Gasteiger partial charge >= 0.3 is 7.82 Å². The van der Waals surface area contributed by atoms with Crippen molar-refractivity contribution >= 4 is 43.2 Å². The maximum absolute atomic E-state index is 10.7. The summed E-state index contributed by atoms with van der Waals surface area (Å²) in [7, 11) is -4.81. The quantitative estimate of drug-likeness (QED) is 0.198. The molecule has 0 unspecified atom stereocenters. The first-order valence-corrected chi connectivity index (χ1v) is 5.60. The van der Waals surface area contributed by atoms with Gasteiger partial charge in [0.2, 0.25) is 0 Å². The van der Waals surface area contributed by atoms with Gasteiger partial charge in [-0.15, -0.1) is 0 Å². The smallest absolute Gasteiger partial charge is 0.412 e. The summed E-state index contributed by atoms with van der Waals surface area (Å²) >= 11 is 0. The van der Waals surface area contributed by atoms with E-state index < -0.39 is 45.1 Å². The van der Waals surface area contributed by atoms with Crippen molar-refractivity contribution in [2.45, 2.75) is 18.3 Å². The van der Waals surface area contributed by atoms with Crippen molar-refractivity contribution in [3.8, 4) is 0 Å². The largest absolute Gasteiger partial charge is 0.469 e. The number of carbonyl (C=O) groups is 1. The first kappa shape index (κ1) is 23.7. The molecule has 0 fully saturated rings. The standard InChI is InChI=1S/C6H13O9P.Na.H2O/c7-1-3(8)5(10)6(11)4(9)2-15-16(12,13)14;;/h4-7,9-11H,1-2H2,(H2,12,13,14);;1H2/t4-,5-,6-;;/m1../s1. The van der Waals surface area contributed by atoms with E-state index in [-0.39, 0.29) is 35.0 Å². The van der Waals surface area contributed by atoms with Crippen molar-refractivity contribution in [2.24, 2.45) is 0 Å². The number of aliphatic hydroxyl groups excluding tert-OH is 4. The zero-order valence-electron chi connectivity index (χ0n) is 9.50. The van der Waals surface area contributed by atoms with Crippen LogP contribution in [0.3, 0.4) is 0 Å². The van der Waals surface area contributed by atoms with Gasteiger partial charge in [0.05, 0.1) is 6.61 Å². The summed E-state index contributed by atoms with van der Waals surface area (Å²) in [4.78, 5) is 27.2. The molecule has 0 aromatic carbocycles. The van der Waals surface area contributed by atoms with Crippen LogP contribution >= 0.6 is 7.82 Å². The van der Waals surface area contributed by atoms with E-state index in [1.807, 2.05) is 0 Å². The molecule has 0 heterocycles. The summed E-state index contributed by atoms with van der Waals surface area (Å²) in [5.41, 5.74) is 0. The van der Waals surface area contributed by atoms with Crippen LogP contribution in [0.1, 0.15) is 0 Å². The van der Waals surface area contributed by atoms with Crippen molar-refractivity contribution in [1.29, 1.82) is 0 Å². The number of aliphatic hydroxyl groups is 4. The summed E-state index contributed by atoms with van der Waals surface area (Å²) < 4.78 is 14.1. The third-order valence-corrected chi connectivity index (χ3v) is 2.10. The van der Waals surface area contributed by atoms with Crippen LogP contribution in [-0.2, 0) is 13.9 Å². The summed E-state index contributed by atoms with van der Waals surface area (Å²) in [6.45, 7) is -2.01. The van der Waals surface area contributed by atoms with Crippen LogP contribution in [0.15, 0.2) is 0 Å². The molecule has 105 valence electrons. The van der Waals surface area contributed by atoms with Gasteiger partial charge in [-0.25, -0.2) is 4.57 Å². The van der Waals surface area contributed by atoms with E-state index in [2.05, 4.69) is 4.52 Å². The Morgan fingerprint density at radius 3 is 2.00 bits per heavy atom. The fraction of sp³-hybridized carbons (Fsp3) is 0.833. The molecule has 18 heavy (non-hydrogen) atoms. The fourth-order valence-corrected chi connectivity index (χ4v) is 1.11. The number of phosphoric ester groups is 1. The van der Waals surface area contributed by atoms with Crippen LogP contribution in [0.5, 0.6) is 0 Å². The average molecular weight is 301 g/mol. The average Bonchev–Trinajstić information content (AvgIpc) is 2.21. The van der Waals surface area contributed by atoms with Gasteiger partial charge < -0.3 is 35.7 Å². The maximum Gasteiger partial charge on any atom is 0.469 e. The molecule has 3 atom stereocenters. The van der Waals surface area contributed by atoms with E-state index in [1.165, 1.54) is 0 Å². The number of rotatable bonds is 7. The summed E-state index contributed by atoms with van der Waals surface area (Å²) in [5, 5.41) is 35.6. The Labute approximate surface area is 124 Å². The Bertz CT molecular complexity index is 280. The Morgan fingerprint density at radius 1 is 1.22 bits per heavy atom. The molecule has 0 aliphatic carbocycles. The zero-order valence-corrected chi connectivity index (χ0v) is 12.4. The zero-order chi connectivity index (χ0) is 12.9. The molecule has 0 rings (SSSR count). The molecule has 1 radical (unpaired) electrons. The van der Waals surface area contributed by atoms with Crippen molar-refractivity contribution in [1.82, 2.24) is 0 Å². The van der Waals surface area contributed by atoms with Crippen LogP contribution in [0, 0.1) is 0 Å². The first-order chi connectivity index (χ1) is 7.19. The van der Waals surface area contributed by atoms with Crippen LogP contribution in [0.4, 0.5) is 0 Å². The molecule has 0 saturated heterocycles. The molecule has 12 heteroatoms. The number of phosphoric acid groups is 1. The summed E-state index contributed by atoms with van der Waals surface area (Å²) in [6.07, 6.45) is -5.94. The Hall–Kier alpha value is 0.580. The van der Waals surface area contributed by atoms with Gasteiger partial charge in [-0.3, -0.25) is 9.32 Å². The van der Waals surface area contributed by atoms with E-state index in [0.29, 0.717) is 0 Å². The van der Waals surface area contributed by atoms with Gasteiger partial charge in [-0.05, 0) is 0 Å². The monoisotopic (exact) mass is 301 g/mol. The molecule has 0 aromatic rings. The number of carbonyl (C=O) groups excluding carboxylic acids is 1. The molecule has 8 N–H and O–H groups in total. The predicted molar refractivity (Wildman–Crippen MR) is 57.5 cm³/mol. The topological polar surface area (TPSA) is 196 Å². The van der Waals surface area contributed by atoms with Crippen LogP contribution in [0.25, 0.3) is 0 Å². The molecular formula is C6H15NaO10P. The second kappa shape index (κ2) is 10.4. The summed E-state index contributed by atoms with van der Waals surface area (Å²) in [6, 6.07) is 0. The fourth-order valence-electron chi connectivity index (χ4n) is 0.766. The minimum absolute atomic E-state index is 0. The van der Waals surface area contributed by atoms with Gasteiger partial charge in [-0.1, -0.05) is 0 Å². The van der Waals surface area contributed by atoms with Crippen molar-refractivity contribution in [2.75, 3.05) is 13.2 Å². The SMILES string of the molecule is O.O=C(CO)[C@@H](O)[C@H](O)[C@H](O)COP(=O)(O)O.[Na]. The number of Topliss-reactive ketones (excluding diaryl/α,β-unsaturated/α-hetero) is 1. The van der Waals surface area contributed by atoms with E-state index in [1.54, 1.807) is 0 Å². The minimum atomic E-state index is -4.81. The van der Waals surface area contributed by atoms with E-state index in [4.69, 9.17) is 30.2 Å². The van der Waals surface area contributed by atoms with Crippen LogP contribution < -0.4 is 0 Å². The third-order valence-electron chi connectivity index (χ3n) is 1.62. The molecular weight excluding hydrogens is 286 g/mol. The van der Waals surface area contributed by atoms with Crippen molar-refractivity contribution < 1.29 is 49.6 Å². The maximum atomic E-state index is 10.7. The van der Waals surface area contributed by atoms with Gasteiger partial charge in [-0.2, -0.15) is 0 Å². The van der Waals surface area contributed by atoms with Gasteiger partial charge in [0, 0.05) is 29.6 Å². The second-order valence-corrected chi connectivity index (χ2v) is 4.15. The Balaban J connectivity index is -0.00000112.